The zero-order valence-electron chi connectivity index (χ0n) is 20.1. The Kier molecular flexibility index (Phi) is 9.06. The number of alkyl carbamates (subject to hydrolysis) is 1. The second-order valence-electron chi connectivity index (χ2n) is 8.72. The number of carboxylic acids is 1. The number of nitrogens with one attached hydrogen (secondary N) is 2. The van der Waals surface area contributed by atoms with Crippen molar-refractivity contribution in [1.82, 2.24) is 20.0 Å². The molecular weight excluding hydrogens is 472 g/mol. The first kappa shape index (κ1) is 26.7. The fraction of sp³-hybridized carbons (Fsp3) is 0.522. The lowest BCUT2D eigenvalue weighted by Gasteiger charge is -2.38. The molecule has 1 aliphatic heterocycles. The zero-order chi connectivity index (χ0) is 26.2. The SMILES string of the molecule is CN(C(=O)C[C@H](NC(=O)OCc1ccccc1)C(=O)N(CC(=O)O)C1CC1)C1CN(C(=N)N)CCO1. The molecule has 5 N–H and O–H groups in total. The van der Waals surface area contributed by atoms with Crippen LogP contribution in [0.15, 0.2) is 30.3 Å². The Hall–Kier alpha value is -3.87. The summed E-state index contributed by atoms with van der Waals surface area (Å²) < 4.78 is 10.8. The maximum absolute atomic E-state index is 13.3. The van der Waals surface area contributed by atoms with E-state index in [0.717, 1.165) is 5.56 Å². The summed E-state index contributed by atoms with van der Waals surface area (Å²) in [7, 11) is 1.49. The molecule has 1 unspecified atom stereocenters. The molecule has 13 heteroatoms. The van der Waals surface area contributed by atoms with Crippen molar-refractivity contribution in [3.8, 4) is 0 Å². The van der Waals surface area contributed by atoms with Crippen LogP contribution in [0, 0.1) is 5.41 Å². The van der Waals surface area contributed by atoms with Crippen LogP contribution in [0.25, 0.3) is 0 Å². The van der Waals surface area contributed by atoms with Crippen LogP contribution >= 0.6 is 0 Å². The van der Waals surface area contributed by atoms with Crippen LogP contribution in [0.3, 0.4) is 0 Å². The maximum Gasteiger partial charge on any atom is 0.408 e. The highest BCUT2D eigenvalue weighted by atomic mass is 16.5. The van der Waals surface area contributed by atoms with Gasteiger partial charge in [-0.05, 0) is 18.4 Å². The van der Waals surface area contributed by atoms with E-state index >= 15 is 0 Å². The van der Waals surface area contributed by atoms with Crippen molar-refractivity contribution in [2.45, 2.75) is 44.2 Å². The first-order chi connectivity index (χ1) is 17.2. The number of hydrogen-bond acceptors (Lipinski definition) is 7. The number of morpholine rings is 1. The number of hydrogen-bond donors (Lipinski definition) is 4. The highest BCUT2D eigenvalue weighted by Gasteiger charge is 2.39. The summed E-state index contributed by atoms with van der Waals surface area (Å²) in [5, 5.41) is 19.3. The van der Waals surface area contributed by atoms with Gasteiger partial charge in [0.15, 0.2) is 5.96 Å². The minimum absolute atomic E-state index is 0.0420. The smallest absolute Gasteiger partial charge is 0.408 e. The molecule has 0 aromatic heterocycles. The monoisotopic (exact) mass is 504 g/mol. The van der Waals surface area contributed by atoms with Crippen LogP contribution in [-0.4, -0.2) is 101 Å². The van der Waals surface area contributed by atoms with Gasteiger partial charge in [0.25, 0.3) is 0 Å². The van der Waals surface area contributed by atoms with Gasteiger partial charge in [-0.3, -0.25) is 19.8 Å². The molecule has 2 aliphatic rings. The van der Waals surface area contributed by atoms with E-state index in [1.807, 2.05) is 6.07 Å². The number of aliphatic carboxylic acids is 1. The Bertz CT molecular complexity index is 971. The number of likely N-dealkylation sites (N-methyl/N-ethyl adjacent to an activating group) is 1. The topological polar surface area (TPSA) is 179 Å². The average molecular weight is 505 g/mol. The summed E-state index contributed by atoms with van der Waals surface area (Å²) in [4.78, 5) is 54.2. The molecule has 1 saturated heterocycles. The van der Waals surface area contributed by atoms with Crippen molar-refractivity contribution >= 4 is 29.8 Å². The Morgan fingerprint density at radius 3 is 2.58 bits per heavy atom. The number of guanidine groups is 1. The maximum atomic E-state index is 13.3. The average Bonchev–Trinajstić information content (AvgIpc) is 3.70. The van der Waals surface area contributed by atoms with Crippen molar-refractivity contribution in [2.75, 3.05) is 33.3 Å². The highest BCUT2D eigenvalue weighted by molar-refractivity contribution is 5.92. The summed E-state index contributed by atoms with van der Waals surface area (Å²) in [6.45, 7) is 0.261. The summed E-state index contributed by atoms with van der Waals surface area (Å²) in [5.74, 6) is -2.52. The summed E-state index contributed by atoms with van der Waals surface area (Å²) in [5.41, 5.74) is 6.29. The van der Waals surface area contributed by atoms with E-state index in [9.17, 15) is 24.3 Å². The Morgan fingerprint density at radius 2 is 1.97 bits per heavy atom. The van der Waals surface area contributed by atoms with Crippen LogP contribution in [0.1, 0.15) is 24.8 Å². The van der Waals surface area contributed by atoms with E-state index < -0.39 is 49.1 Å². The fourth-order valence-corrected chi connectivity index (χ4v) is 3.79. The molecule has 3 amide bonds. The Morgan fingerprint density at radius 1 is 1.28 bits per heavy atom. The molecule has 2 fully saturated rings. The van der Waals surface area contributed by atoms with Gasteiger partial charge in [0, 0.05) is 19.6 Å². The molecule has 3 rings (SSSR count). The number of carbonyl (C=O) groups is 4. The second-order valence-corrected chi connectivity index (χ2v) is 8.72. The fourth-order valence-electron chi connectivity index (χ4n) is 3.79. The van der Waals surface area contributed by atoms with Gasteiger partial charge >= 0.3 is 12.1 Å². The minimum atomic E-state index is -1.34. The predicted molar refractivity (Wildman–Crippen MR) is 127 cm³/mol. The van der Waals surface area contributed by atoms with Gasteiger partial charge in [-0.25, -0.2) is 4.79 Å². The molecule has 0 bridgehead atoms. The third kappa shape index (κ3) is 7.57. The van der Waals surface area contributed by atoms with Crippen LogP contribution in [0.2, 0.25) is 0 Å². The first-order valence-electron chi connectivity index (χ1n) is 11.6. The number of carbonyl (C=O) groups excluding carboxylic acids is 3. The lowest BCUT2D eigenvalue weighted by molar-refractivity contribution is -0.152. The Balaban J connectivity index is 1.69. The third-order valence-electron chi connectivity index (χ3n) is 5.97. The molecule has 2 atom stereocenters. The van der Waals surface area contributed by atoms with E-state index in [4.69, 9.17) is 20.6 Å². The van der Waals surface area contributed by atoms with Gasteiger partial charge in [-0.15, -0.1) is 0 Å². The van der Waals surface area contributed by atoms with Gasteiger partial charge < -0.3 is 40.3 Å². The number of nitrogens with two attached hydrogens (primary N) is 1. The molecule has 1 saturated carbocycles. The van der Waals surface area contributed by atoms with E-state index in [2.05, 4.69) is 5.32 Å². The molecule has 1 heterocycles. The van der Waals surface area contributed by atoms with Crippen LogP contribution in [0.5, 0.6) is 0 Å². The molecule has 36 heavy (non-hydrogen) atoms. The van der Waals surface area contributed by atoms with Crippen molar-refractivity contribution in [3.63, 3.8) is 0 Å². The van der Waals surface area contributed by atoms with Crippen LogP contribution in [-0.2, 0) is 30.5 Å². The molecular formula is C23H32N6O7. The molecule has 1 aromatic carbocycles. The summed E-state index contributed by atoms with van der Waals surface area (Å²) >= 11 is 0. The largest absolute Gasteiger partial charge is 0.480 e. The molecule has 13 nitrogen and oxygen atoms in total. The Labute approximate surface area is 208 Å². The van der Waals surface area contributed by atoms with Crippen molar-refractivity contribution < 1.29 is 33.8 Å². The van der Waals surface area contributed by atoms with Gasteiger partial charge in [0.1, 0.15) is 25.4 Å². The minimum Gasteiger partial charge on any atom is -0.480 e. The molecule has 1 aromatic rings. The van der Waals surface area contributed by atoms with Crippen molar-refractivity contribution in [1.29, 1.82) is 5.41 Å². The van der Waals surface area contributed by atoms with E-state index in [-0.39, 0.29) is 31.8 Å². The van der Waals surface area contributed by atoms with Gasteiger partial charge in [-0.2, -0.15) is 0 Å². The predicted octanol–water partition coefficient (Wildman–Crippen LogP) is -0.243. The normalized spacial score (nSPS) is 18.0. The summed E-state index contributed by atoms with van der Waals surface area (Å²) in [6, 6.07) is 7.35. The number of carboxylic acid groups (broad SMARTS) is 1. The van der Waals surface area contributed by atoms with Crippen LogP contribution < -0.4 is 11.1 Å². The quantitative estimate of drug-likeness (QED) is 0.247. The third-order valence-corrected chi connectivity index (χ3v) is 5.97. The second kappa shape index (κ2) is 12.2. The number of benzene rings is 1. The number of nitrogens with zero attached hydrogens (tertiary/aromatic N) is 3. The van der Waals surface area contributed by atoms with Gasteiger partial charge in [0.2, 0.25) is 11.8 Å². The summed E-state index contributed by atoms with van der Waals surface area (Å²) in [6.07, 6.45) is -0.757. The zero-order valence-corrected chi connectivity index (χ0v) is 20.1. The van der Waals surface area contributed by atoms with Crippen molar-refractivity contribution in [2.24, 2.45) is 5.73 Å². The first-order valence-corrected chi connectivity index (χ1v) is 11.6. The number of ether oxygens (including phenoxy) is 2. The van der Waals surface area contributed by atoms with Crippen molar-refractivity contribution in [3.05, 3.63) is 35.9 Å². The molecule has 1 aliphatic carbocycles. The molecule has 0 radical (unpaired) electrons. The van der Waals surface area contributed by atoms with E-state index in [1.165, 1.54) is 16.8 Å². The van der Waals surface area contributed by atoms with Gasteiger partial charge in [0.05, 0.1) is 19.6 Å². The lowest BCUT2D eigenvalue weighted by atomic mass is 10.1. The van der Waals surface area contributed by atoms with Crippen LogP contribution in [0.4, 0.5) is 4.79 Å². The number of rotatable bonds is 10. The standard InChI is InChI=1S/C23H32N6O7/c1-27(19-12-28(22(24)25)9-10-35-19)18(30)11-17(21(33)29(13-20(31)32)16-7-8-16)26-23(34)36-14-15-5-3-2-4-6-15/h2-6,16-17,19H,7-14H2,1H3,(H3,24,25)(H,26,34)(H,31,32)/t17-,19?/m0/s1. The highest BCUT2D eigenvalue weighted by Crippen LogP contribution is 2.27. The van der Waals surface area contributed by atoms with Gasteiger partial charge in [-0.1, -0.05) is 30.3 Å². The van der Waals surface area contributed by atoms with E-state index in [1.54, 1.807) is 29.2 Å². The molecule has 0 spiro atoms. The molecule has 196 valence electrons. The van der Waals surface area contributed by atoms with E-state index in [0.29, 0.717) is 19.4 Å². The number of amides is 3. The lowest BCUT2D eigenvalue weighted by Crippen LogP contribution is -2.56.